The topological polar surface area (TPSA) is 37.6 Å². The summed E-state index contributed by atoms with van der Waals surface area (Å²) in [5.74, 6) is 0.815. The highest BCUT2D eigenvalue weighted by Gasteiger charge is 2.09. The Kier molecular flexibility index (Phi) is 3.24. The number of hydrogen-bond acceptors (Lipinski definition) is 3. The van der Waals surface area contributed by atoms with Crippen LogP contribution in [0.5, 0.6) is 5.75 Å². The van der Waals surface area contributed by atoms with E-state index in [1.807, 2.05) is 32.3 Å². The van der Waals surface area contributed by atoms with Gasteiger partial charge in [0.1, 0.15) is 5.75 Å². The molecule has 17 heavy (non-hydrogen) atoms. The Morgan fingerprint density at radius 3 is 2.76 bits per heavy atom. The van der Waals surface area contributed by atoms with E-state index in [9.17, 15) is 5.21 Å². The van der Waals surface area contributed by atoms with Gasteiger partial charge in [-0.25, -0.2) is 0 Å². The first-order valence-corrected chi connectivity index (χ1v) is 5.64. The number of likely N-dealkylation sites (N-methyl/N-ethyl adjacent to an activating group) is 1. The average molecular weight is 234 g/mol. The fraction of sp³-hybridized carbons (Fsp3) is 0.385. The molecule has 0 spiro atoms. The molecule has 1 aromatic heterocycles. The predicted octanol–water partition coefficient (Wildman–Crippen LogP) is 1.99. The number of hydrogen-bond donors (Lipinski definition) is 1. The maximum Gasteiger partial charge on any atom is 0.119 e. The summed E-state index contributed by atoms with van der Waals surface area (Å²) < 4.78 is 6.39. The molecule has 2 aromatic rings. The molecule has 0 saturated carbocycles. The molecule has 1 heterocycles. The van der Waals surface area contributed by atoms with Gasteiger partial charge in [0.15, 0.2) is 0 Å². The van der Waals surface area contributed by atoms with Crippen LogP contribution in [0.1, 0.15) is 5.56 Å². The van der Waals surface area contributed by atoms with Crippen molar-refractivity contribution in [1.82, 2.24) is 9.63 Å². The zero-order valence-corrected chi connectivity index (χ0v) is 10.5. The van der Waals surface area contributed by atoms with Crippen LogP contribution in [-0.2, 0) is 6.42 Å². The van der Waals surface area contributed by atoms with Crippen LogP contribution in [0, 0.1) is 0 Å². The average Bonchev–Trinajstić information content (AvgIpc) is 2.63. The van der Waals surface area contributed by atoms with Gasteiger partial charge in [0.05, 0.1) is 12.6 Å². The van der Waals surface area contributed by atoms with Crippen LogP contribution in [0.25, 0.3) is 10.9 Å². The highest BCUT2D eigenvalue weighted by Crippen LogP contribution is 2.25. The highest BCUT2D eigenvalue weighted by molar-refractivity contribution is 5.85. The van der Waals surface area contributed by atoms with E-state index >= 15 is 0 Å². The Bertz CT molecular complexity index is 517. The van der Waals surface area contributed by atoms with Crippen molar-refractivity contribution in [1.29, 1.82) is 0 Å². The first-order chi connectivity index (χ1) is 8.11. The summed E-state index contributed by atoms with van der Waals surface area (Å²) in [5.41, 5.74) is 1.95. The molecule has 0 bridgehead atoms. The number of aromatic nitrogens is 1. The minimum Gasteiger partial charge on any atom is -0.497 e. The summed E-state index contributed by atoms with van der Waals surface area (Å²) in [5, 5.41) is 10.8. The van der Waals surface area contributed by atoms with Crippen LogP contribution in [0.4, 0.5) is 0 Å². The van der Waals surface area contributed by atoms with E-state index in [2.05, 4.69) is 4.90 Å². The third-order valence-corrected chi connectivity index (χ3v) is 2.90. The smallest absolute Gasteiger partial charge is 0.119 e. The molecule has 0 saturated heterocycles. The zero-order valence-electron chi connectivity index (χ0n) is 10.5. The van der Waals surface area contributed by atoms with Gasteiger partial charge in [-0.05, 0) is 44.3 Å². The van der Waals surface area contributed by atoms with E-state index in [1.165, 1.54) is 4.73 Å². The van der Waals surface area contributed by atoms with E-state index in [0.29, 0.717) is 0 Å². The van der Waals surface area contributed by atoms with Crippen molar-refractivity contribution in [2.24, 2.45) is 0 Å². The molecule has 0 aliphatic heterocycles. The fourth-order valence-electron chi connectivity index (χ4n) is 1.93. The Balaban J connectivity index is 2.40. The van der Waals surface area contributed by atoms with E-state index in [-0.39, 0.29) is 0 Å². The van der Waals surface area contributed by atoms with Crippen molar-refractivity contribution in [3.63, 3.8) is 0 Å². The normalized spacial score (nSPS) is 11.3. The molecule has 2 rings (SSSR count). The van der Waals surface area contributed by atoms with Gasteiger partial charge in [-0.1, -0.05) is 0 Å². The van der Waals surface area contributed by atoms with Gasteiger partial charge in [0.2, 0.25) is 0 Å². The summed E-state index contributed by atoms with van der Waals surface area (Å²) in [6.45, 7) is 0.955. The third-order valence-electron chi connectivity index (χ3n) is 2.90. The lowest BCUT2D eigenvalue weighted by atomic mass is 10.1. The predicted molar refractivity (Wildman–Crippen MR) is 67.9 cm³/mol. The number of benzene rings is 1. The molecule has 0 atom stereocenters. The number of methoxy groups -OCH3 is 1. The molecule has 1 aromatic carbocycles. The second kappa shape index (κ2) is 4.67. The lowest BCUT2D eigenvalue weighted by molar-refractivity contribution is 0.199. The standard InChI is InChI=1S/C13H18N2O2/c1-14(2)7-6-10-9-15(16)13-5-4-11(17-3)8-12(10)13/h4-5,8-9,16H,6-7H2,1-3H3. The molecule has 0 aliphatic carbocycles. The SMILES string of the molecule is COc1ccc2c(c1)c(CCN(C)C)cn2O. The summed E-state index contributed by atoms with van der Waals surface area (Å²) in [6, 6.07) is 5.69. The molecule has 0 aliphatic rings. The van der Waals surface area contributed by atoms with Crippen molar-refractivity contribution in [2.45, 2.75) is 6.42 Å². The lowest BCUT2D eigenvalue weighted by Crippen LogP contribution is -2.14. The van der Waals surface area contributed by atoms with E-state index in [4.69, 9.17) is 4.74 Å². The minimum absolute atomic E-state index is 0.815. The van der Waals surface area contributed by atoms with Gasteiger partial charge in [-0.3, -0.25) is 0 Å². The van der Waals surface area contributed by atoms with Crippen LogP contribution in [0.15, 0.2) is 24.4 Å². The second-order valence-corrected chi connectivity index (χ2v) is 4.44. The molecule has 1 N–H and O–H groups in total. The Labute approximate surface area is 101 Å². The number of rotatable bonds is 4. The van der Waals surface area contributed by atoms with E-state index < -0.39 is 0 Å². The van der Waals surface area contributed by atoms with Gasteiger partial charge >= 0.3 is 0 Å². The fourth-order valence-corrected chi connectivity index (χ4v) is 1.93. The quantitative estimate of drug-likeness (QED) is 0.822. The van der Waals surface area contributed by atoms with Crippen LogP contribution >= 0.6 is 0 Å². The van der Waals surface area contributed by atoms with Gasteiger partial charge in [-0.2, -0.15) is 4.73 Å². The maximum atomic E-state index is 9.78. The molecule has 4 heteroatoms. The molecule has 92 valence electrons. The zero-order chi connectivity index (χ0) is 12.4. The van der Waals surface area contributed by atoms with Gasteiger partial charge in [0, 0.05) is 18.1 Å². The van der Waals surface area contributed by atoms with Crippen molar-refractivity contribution in [3.8, 4) is 5.75 Å². The van der Waals surface area contributed by atoms with Crippen LogP contribution in [0.3, 0.4) is 0 Å². The molecular weight excluding hydrogens is 216 g/mol. The largest absolute Gasteiger partial charge is 0.497 e. The van der Waals surface area contributed by atoms with Crippen LogP contribution in [-0.4, -0.2) is 42.6 Å². The Hall–Kier alpha value is -1.68. The van der Waals surface area contributed by atoms with Crippen molar-refractivity contribution >= 4 is 10.9 Å². The van der Waals surface area contributed by atoms with Crippen molar-refractivity contribution < 1.29 is 9.94 Å². The number of nitrogens with zero attached hydrogens (tertiary/aromatic N) is 2. The van der Waals surface area contributed by atoms with Gasteiger partial charge < -0.3 is 14.8 Å². The molecular formula is C13H18N2O2. The van der Waals surface area contributed by atoms with Gasteiger partial charge in [-0.15, -0.1) is 0 Å². The molecule has 4 nitrogen and oxygen atoms in total. The van der Waals surface area contributed by atoms with Crippen LogP contribution < -0.4 is 4.74 Å². The summed E-state index contributed by atoms with van der Waals surface area (Å²) in [6.07, 6.45) is 2.68. The second-order valence-electron chi connectivity index (χ2n) is 4.44. The first kappa shape index (κ1) is 11.8. The monoisotopic (exact) mass is 234 g/mol. The lowest BCUT2D eigenvalue weighted by Gasteiger charge is -2.08. The van der Waals surface area contributed by atoms with Crippen molar-refractivity contribution in [3.05, 3.63) is 30.0 Å². The summed E-state index contributed by atoms with van der Waals surface area (Å²) in [7, 11) is 5.73. The third kappa shape index (κ3) is 2.36. The highest BCUT2D eigenvalue weighted by atomic mass is 16.5. The summed E-state index contributed by atoms with van der Waals surface area (Å²) in [4.78, 5) is 2.13. The Morgan fingerprint density at radius 1 is 1.35 bits per heavy atom. The molecule has 0 fully saturated rings. The van der Waals surface area contributed by atoms with Gasteiger partial charge in [0.25, 0.3) is 0 Å². The molecule has 0 radical (unpaired) electrons. The van der Waals surface area contributed by atoms with E-state index in [1.54, 1.807) is 13.3 Å². The molecule has 0 unspecified atom stereocenters. The number of ether oxygens (including phenoxy) is 1. The van der Waals surface area contributed by atoms with Crippen LogP contribution in [0.2, 0.25) is 0 Å². The maximum absolute atomic E-state index is 9.78. The number of fused-ring (bicyclic) bond motifs is 1. The minimum atomic E-state index is 0.815. The van der Waals surface area contributed by atoms with E-state index in [0.717, 1.165) is 35.2 Å². The first-order valence-electron chi connectivity index (χ1n) is 5.64. The van der Waals surface area contributed by atoms with Crippen molar-refractivity contribution in [2.75, 3.05) is 27.7 Å². The Morgan fingerprint density at radius 2 is 2.12 bits per heavy atom. The summed E-state index contributed by atoms with van der Waals surface area (Å²) >= 11 is 0. The molecule has 0 amide bonds.